The molecule has 5 heteroatoms. The molecule has 0 N–H and O–H groups in total. The molecule has 0 spiro atoms. The topological polar surface area (TPSA) is 18.5 Å². The highest BCUT2D eigenvalue weighted by molar-refractivity contribution is 8.28. The normalized spacial score (nSPS) is 14.0. The van der Waals surface area contributed by atoms with E-state index in [9.17, 15) is 0 Å². The van der Waals surface area contributed by atoms with E-state index in [0.29, 0.717) is 5.41 Å². The van der Waals surface area contributed by atoms with Gasteiger partial charge in [0.1, 0.15) is 7.22 Å². The Balaban J connectivity index is 4.50. The van der Waals surface area contributed by atoms with Crippen molar-refractivity contribution in [2.45, 2.75) is 59.9 Å². The van der Waals surface area contributed by atoms with Crippen molar-refractivity contribution in [3.63, 3.8) is 0 Å². The van der Waals surface area contributed by atoms with Crippen LogP contribution in [0.15, 0.2) is 0 Å². The molecule has 2 nitrogen and oxygen atoms in total. The van der Waals surface area contributed by atoms with E-state index in [2.05, 4.69) is 65.1 Å². The summed E-state index contributed by atoms with van der Waals surface area (Å²) in [5.74, 6) is 1.21. The van der Waals surface area contributed by atoms with Gasteiger partial charge in [0.2, 0.25) is 0 Å². The fourth-order valence-corrected chi connectivity index (χ4v) is 9.04. The largest absolute Gasteiger partial charge is 0.395 e. The van der Waals surface area contributed by atoms with Crippen LogP contribution >= 0.6 is 11.2 Å². The zero-order chi connectivity index (χ0) is 14.4. The molecule has 0 aromatic carbocycles. The van der Waals surface area contributed by atoms with Gasteiger partial charge in [0.15, 0.2) is 0 Å². The molecule has 0 aliphatic carbocycles. The van der Waals surface area contributed by atoms with Crippen LogP contribution in [0.25, 0.3) is 0 Å². The Bertz CT molecular complexity index is 234. The molecular weight excluding hydrogens is 276 g/mol. The second-order valence-corrected chi connectivity index (χ2v) is 19.3. The van der Waals surface area contributed by atoms with Gasteiger partial charge in [0.25, 0.3) is 0 Å². The van der Waals surface area contributed by atoms with Crippen molar-refractivity contribution in [1.29, 1.82) is 0 Å². The highest BCUT2D eigenvalue weighted by atomic mass is 32.4. The Morgan fingerprint density at radius 2 is 1.39 bits per heavy atom. The number of hydrogen-bond donors (Lipinski definition) is 0. The van der Waals surface area contributed by atoms with Crippen molar-refractivity contribution in [2.75, 3.05) is 19.0 Å². The molecule has 0 heterocycles. The smallest absolute Gasteiger partial charge is 0.335 e. The molecule has 110 valence electrons. The van der Waals surface area contributed by atoms with Crippen molar-refractivity contribution in [3.8, 4) is 0 Å². The summed E-state index contributed by atoms with van der Waals surface area (Å²) in [5.41, 5.74) is 0.302. The van der Waals surface area contributed by atoms with Crippen molar-refractivity contribution in [3.05, 3.63) is 0 Å². The van der Waals surface area contributed by atoms with E-state index in [1.54, 1.807) is 0 Å². The summed E-state index contributed by atoms with van der Waals surface area (Å²) in [5, 5.41) is 0. The Hall–Kier alpha value is 0.704. The van der Waals surface area contributed by atoms with Gasteiger partial charge in [0, 0.05) is 13.2 Å². The first-order chi connectivity index (χ1) is 8.04. The van der Waals surface area contributed by atoms with E-state index in [4.69, 9.17) is 8.85 Å². The predicted molar refractivity (Wildman–Crippen MR) is 89.3 cm³/mol. The highest BCUT2D eigenvalue weighted by Crippen LogP contribution is 2.35. The van der Waals surface area contributed by atoms with Crippen LogP contribution < -0.4 is 0 Å². The third-order valence-electron chi connectivity index (χ3n) is 2.59. The molecule has 0 radical (unpaired) electrons. The zero-order valence-corrected chi connectivity index (χ0v) is 16.4. The minimum absolute atomic E-state index is 0.302. The van der Waals surface area contributed by atoms with E-state index in [0.717, 1.165) is 19.3 Å². The van der Waals surface area contributed by atoms with Crippen molar-refractivity contribution in [2.24, 2.45) is 5.41 Å². The van der Waals surface area contributed by atoms with Gasteiger partial charge >= 0.3 is 8.56 Å². The molecular formula is C13H32O2SSi2. The lowest BCUT2D eigenvalue weighted by molar-refractivity contribution is 0.178. The lowest BCUT2D eigenvalue weighted by Gasteiger charge is -2.35. The molecule has 0 bridgehead atoms. The lowest BCUT2D eigenvalue weighted by atomic mass is 10.00. The van der Waals surface area contributed by atoms with E-state index < -0.39 is 15.8 Å². The fourth-order valence-electron chi connectivity index (χ4n) is 2.09. The van der Waals surface area contributed by atoms with Gasteiger partial charge in [-0.25, -0.2) is 0 Å². The quantitative estimate of drug-likeness (QED) is 0.574. The summed E-state index contributed by atoms with van der Waals surface area (Å²) >= 11 is 2.17. The molecule has 0 fully saturated rings. The molecule has 0 amide bonds. The first kappa shape index (κ1) is 18.7. The van der Waals surface area contributed by atoms with Gasteiger partial charge in [-0.15, -0.1) is 0 Å². The van der Waals surface area contributed by atoms with Crippen molar-refractivity contribution in [1.82, 2.24) is 0 Å². The summed E-state index contributed by atoms with van der Waals surface area (Å²) in [4.78, 5) is 0. The molecule has 0 aromatic rings. The Morgan fingerprint density at radius 3 is 1.72 bits per heavy atom. The van der Waals surface area contributed by atoms with Gasteiger partial charge < -0.3 is 8.85 Å². The second kappa shape index (κ2) is 7.48. The molecule has 0 saturated carbocycles. The molecule has 0 saturated heterocycles. The Morgan fingerprint density at radius 1 is 0.944 bits per heavy atom. The first-order valence-electron chi connectivity index (χ1n) is 6.95. The predicted octanol–water partition coefficient (Wildman–Crippen LogP) is 4.73. The standard InChI is InChI=1S/C13H32O2SSi2/c1-9-14-18(8,15-10-2)12-13(3,4)11-16-17(5,6)7/h9-12H2,1-8H3. The van der Waals surface area contributed by atoms with Crippen LogP contribution in [0.2, 0.25) is 32.2 Å². The third-order valence-corrected chi connectivity index (χ3v) is 10.8. The SMILES string of the molecule is CCO[Si](C)(CC(C)(C)CS[Si](C)(C)C)OCC. The lowest BCUT2D eigenvalue weighted by Crippen LogP contribution is -2.43. The maximum absolute atomic E-state index is 5.96. The van der Waals surface area contributed by atoms with E-state index in [1.165, 1.54) is 5.75 Å². The summed E-state index contributed by atoms with van der Waals surface area (Å²) in [7, 11) is -3.01. The Kier molecular flexibility index (Phi) is 7.77. The van der Waals surface area contributed by atoms with Gasteiger partial charge in [0.05, 0.1) is 0 Å². The maximum Gasteiger partial charge on any atom is 0.335 e. The van der Waals surface area contributed by atoms with E-state index in [1.807, 2.05) is 0 Å². The molecule has 0 aliphatic heterocycles. The van der Waals surface area contributed by atoms with Crippen LogP contribution in [0.3, 0.4) is 0 Å². The van der Waals surface area contributed by atoms with E-state index in [-0.39, 0.29) is 0 Å². The summed E-state index contributed by atoms with van der Waals surface area (Å²) in [6.07, 6.45) is 0. The van der Waals surface area contributed by atoms with Gasteiger partial charge in [-0.2, -0.15) is 11.2 Å². The average Bonchev–Trinajstić information content (AvgIpc) is 2.13. The molecule has 0 aromatic heterocycles. The summed E-state index contributed by atoms with van der Waals surface area (Å²) in [6, 6.07) is 1.08. The first-order valence-corrected chi connectivity index (χ1v) is 14.7. The van der Waals surface area contributed by atoms with Crippen LogP contribution in [0.1, 0.15) is 27.7 Å². The average molecular weight is 309 g/mol. The molecule has 0 atom stereocenters. The maximum atomic E-state index is 5.96. The highest BCUT2D eigenvalue weighted by Gasteiger charge is 2.38. The van der Waals surface area contributed by atoms with E-state index >= 15 is 0 Å². The zero-order valence-electron chi connectivity index (χ0n) is 13.6. The van der Waals surface area contributed by atoms with Crippen molar-refractivity contribution < 1.29 is 8.85 Å². The minimum atomic E-state index is -1.98. The van der Waals surface area contributed by atoms with Crippen LogP contribution in [0.5, 0.6) is 0 Å². The van der Waals surface area contributed by atoms with Gasteiger partial charge in [-0.1, -0.05) is 33.5 Å². The molecule has 0 aliphatic rings. The minimum Gasteiger partial charge on any atom is -0.395 e. The number of hydrogen-bond acceptors (Lipinski definition) is 3. The van der Waals surface area contributed by atoms with Crippen LogP contribution in [-0.2, 0) is 8.85 Å². The molecule has 18 heavy (non-hydrogen) atoms. The second-order valence-electron chi connectivity index (χ2n) is 6.74. The van der Waals surface area contributed by atoms with Crippen LogP contribution in [0.4, 0.5) is 0 Å². The van der Waals surface area contributed by atoms with Crippen molar-refractivity contribution >= 4 is 27.0 Å². The molecule has 0 unspecified atom stereocenters. The van der Waals surface area contributed by atoms with Gasteiger partial charge in [-0.05, 0) is 37.6 Å². The summed E-state index contributed by atoms with van der Waals surface area (Å²) in [6.45, 7) is 19.8. The monoisotopic (exact) mass is 308 g/mol. The fraction of sp³-hybridized carbons (Fsp3) is 1.00. The van der Waals surface area contributed by atoms with Crippen LogP contribution in [0, 0.1) is 5.41 Å². The third kappa shape index (κ3) is 8.74. The number of rotatable bonds is 9. The van der Waals surface area contributed by atoms with Gasteiger partial charge in [-0.3, -0.25) is 0 Å². The van der Waals surface area contributed by atoms with Crippen LogP contribution in [-0.4, -0.2) is 34.8 Å². The Labute approximate surface area is 120 Å². The molecule has 0 rings (SSSR count). The summed E-state index contributed by atoms with van der Waals surface area (Å²) < 4.78 is 11.9.